The van der Waals surface area contributed by atoms with E-state index in [-0.39, 0.29) is 12.5 Å². The molecule has 7 nitrogen and oxygen atoms in total. The number of furan rings is 1. The largest absolute Gasteiger partial charge is 0.495 e. The number of anilines is 1. The van der Waals surface area contributed by atoms with E-state index in [1.807, 2.05) is 71.4 Å². The maximum atomic E-state index is 13.3. The molecule has 3 aromatic heterocycles. The molecule has 3 aromatic carbocycles. The molecule has 1 N–H and O–H groups in total. The quantitative estimate of drug-likeness (QED) is 0.324. The summed E-state index contributed by atoms with van der Waals surface area (Å²) in [5.74, 6) is 0.690. The molecule has 0 aliphatic heterocycles. The highest BCUT2D eigenvalue weighted by atomic mass is 16.5. The molecule has 0 atom stereocenters. The minimum Gasteiger partial charge on any atom is -0.495 e. The Morgan fingerprint density at radius 2 is 1.77 bits per heavy atom. The van der Waals surface area contributed by atoms with Crippen LogP contribution in [0.3, 0.4) is 0 Å². The van der Waals surface area contributed by atoms with Gasteiger partial charge in [0.05, 0.1) is 24.1 Å². The van der Waals surface area contributed by atoms with E-state index in [0.29, 0.717) is 28.3 Å². The van der Waals surface area contributed by atoms with E-state index in [4.69, 9.17) is 13.9 Å². The number of ether oxygens (including phenoxy) is 2. The Bertz CT molecular complexity index is 1670. The molecule has 0 bridgehead atoms. The fourth-order valence-electron chi connectivity index (χ4n) is 4.20. The van der Waals surface area contributed by atoms with Crippen LogP contribution in [0.1, 0.15) is 16.1 Å². The van der Waals surface area contributed by atoms with Crippen LogP contribution in [0.2, 0.25) is 0 Å². The van der Waals surface area contributed by atoms with Gasteiger partial charge in [0.1, 0.15) is 34.9 Å². The first-order valence-corrected chi connectivity index (χ1v) is 11.1. The van der Waals surface area contributed by atoms with Gasteiger partial charge >= 0.3 is 0 Å². The maximum Gasteiger partial charge on any atom is 0.259 e. The number of imidazole rings is 1. The van der Waals surface area contributed by atoms with Gasteiger partial charge in [0.25, 0.3) is 5.91 Å². The van der Waals surface area contributed by atoms with Crippen molar-refractivity contribution in [2.24, 2.45) is 0 Å². The van der Waals surface area contributed by atoms with E-state index in [1.165, 1.54) is 0 Å². The van der Waals surface area contributed by atoms with Crippen LogP contribution in [0.25, 0.3) is 27.6 Å². The van der Waals surface area contributed by atoms with Gasteiger partial charge in [0.15, 0.2) is 0 Å². The number of para-hydroxylation sites is 2. The molecule has 0 radical (unpaired) electrons. The standard InChI is InChI=1S/C28H21N3O4/c1-33-26-14-21-19-8-2-5-11-24(19)35-25(21)15-22(26)30-28(32)20-9-3-4-10-23(20)34-17-18-16-31-13-7-6-12-27(31)29-18/h2-16H,17H2,1H3,(H,30,32). The third-order valence-electron chi connectivity index (χ3n) is 5.87. The van der Waals surface area contributed by atoms with Gasteiger partial charge in [0.2, 0.25) is 0 Å². The van der Waals surface area contributed by atoms with Crippen molar-refractivity contribution in [3.63, 3.8) is 0 Å². The van der Waals surface area contributed by atoms with E-state index in [1.54, 1.807) is 31.4 Å². The van der Waals surface area contributed by atoms with Crippen molar-refractivity contribution in [1.29, 1.82) is 0 Å². The van der Waals surface area contributed by atoms with E-state index >= 15 is 0 Å². The Balaban J connectivity index is 1.27. The first-order chi connectivity index (χ1) is 17.2. The van der Waals surface area contributed by atoms with E-state index in [9.17, 15) is 4.79 Å². The second kappa shape index (κ2) is 8.53. The molecule has 172 valence electrons. The van der Waals surface area contributed by atoms with Crippen LogP contribution in [0.5, 0.6) is 11.5 Å². The zero-order valence-corrected chi connectivity index (χ0v) is 18.9. The van der Waals surface area contributed by atoms with Gasteiger partial charge in [-0.25, -0.2) is 4.98 Å². The number of methoxy groups -OCH3 is 1. The van der Waals surface area contributed by atoms with Gasteiger partial charge in [-0.1, -0.05) is 36.4 Å². The van der Waals surface area contributed by atoms with Gasteiger partial charge in [-0.2, -0.15) is 0 Å². The summed E-state index contributed by atoms with van der Waals surface area (Å²) in [6.45, 7) is 0.236. The third-order valence-corrected chi connectivity index (χ3v) is 5.87. The van der Waals surface area contributed by atoms with E-state index in [2.05, 4.69) is 10.3 Å². The molecule has 0 spiro atoms. The molecule has 0 unspecified atom stereocenters. The zero-order chi connectivity index (χ0) is 23.8. The SMILES string of the molecule is COc1cc2c(cc1NC(=O)c1ccccc1OCc1cn3ccccc3n1)oc1ccccc12. The number of hydrogen-bond donors (Lipinski definition) is 1. The summed E-state index contributed by atoms with van der Waals surface area (Å²) in [6.07, 6.45) is 3.84. The molecular weight excluding hydrogens is 442 g/mol. The molecule has 0 aliphatic carbocycles. The predicted octanol–water partition coefficient (Wildman–Crippen LogP) is 6.07. The summed E-state index contributed by atoms with van der Waals surface area (Å²) in [5.41, 5.74) is 3.97. The molecule has 0 fully saturated rings. The van der Waals surface area contributed by atoms with Crippen molar-refractivity contribution in [1.82, 2.24) is 9.38 Å². The fourth-order valence-corrected chi connectivity index (χ4v) is 4.20. The van der Waals surface area contributed by atoms with Crippen LogP contribution in [0.15, 0.2) is 95.7 Å². The Labute approximate surface area is 200 Å². The molecular formula is C28H21N3O4. The molecule has 35 heavy (non-hydrogen) atoms. The number of aromatic nitrogens is 2. The molecule has 0 saturated carbocycles. The third kappa shape index (κ3) is 3.83. The molecule has 3 heterocycles. The normalized spacial score (nSPS) is 11.2. The molecule has 0 saturated heterocycles. The summed E-state index contributed by atoms with van der Waals surface area (Å²) in [7, 11) is 1.57. The first-order valence-electron chi connectivity index (χ1n) is 11.1. The lowest BCUT2D eigenvalue weighted by Crippen LogP contribution is -2.14. The van der Waals surface area contributed by atoms with Crippen LogP contribution in [-0.2, 0) is 6.61 Å². The van der Waals surface area contributed by atoms with E-state index < -0.39 is 0 Å². The lowest BCUT2D eigenvalue weighted by molar-refractivity contribution is 0.102. The number of rotatable bonds is 6. The molecule has 1 amide bonds. The number of carbonyl (C=O) groups is 1. The first kappa shape index (κ1) is 20.8. The van der Waals surface area contributed by atoms with Gasteiger partial charge in [-0.15, -0.1) is 0 Å². The summed E-state index contributed by atoms with van der Waals surface area (Å²) >= 11 is 0. The summed E-state index contributed by atoms with van der Waals surface area (Å²) in [4.78, 5) is 17.8. The fraction of sp³-hybridized carbons (Fsp3) is 0.0714. The van der Waals surface area contributed by atoms with Crippen LogP contribution in [-0.4, -0.2) is 22.4 Å². The second-order valence-electron chi connectivity index (χ2n) is 8.08. The molecule has 7 heteroatoms. The van der Waals surface area contributed by atoms with Crippen LogP contribution < -0.4 is 14.8 Å². The lowest BCUT2D eigenvalue weighted by atomic mass is 10.1. The monoisotopic (exact) mass is 463 g/mol. The van der Waals surface area contributed by atoms with Crippen molar-refractivity contribution in [3.05, 3.63) is 103 Å². The maximum absolute atomic E-state index is 13.3. The lowest BCUT2D eigenvalue weighted by Gasteiger charge is -2.13. The Hall–Kier alpha value is -4.78. The average Bonchev–Trinajstić information content (AvgIpc) is 3.47. The number of nitrogens with one attached hydrogen (secondary N) is 1. The summed E-state index contributed by atoms with van der Waals surface area (Å²) in [5, 5.41) is 4.86. The van der Waals surface area contributed by atoms with Crippen molar-refractivity contribution >= 4 is 39.2 Å². The smallest absolute Gasteiger partial charge is 0.259 e. The Morgan fingerprint density at radius 3 is 2.66 bits per heavy atom. The van der Waals surface area contributed by atoms with Gasteiger partial charge in [0, 0.05) is 29.2 Å². The highest BCUT2D eigenvalue weighted by Crippen LogP contribution is 2.36. The molecule has 6 aromatic rings. The highest BCUT2D eigenvalue weighted by Gasteiger charge is 2.17. The summed E-state index contributed by atoms with van der Waals surface area (Å²) < 4.78 is 19.5. The zero-order valence-electron chi connectivity index (χ0n) is 18.9. The van der Waals surface area contributed by atoms with E-state index in [0.717, 1.165) is 27.7 Å². The second-order valence-corrected chi connectivity index (χ2v) is 8.08. The molecule has 0 aliphatic rings. The predicted molar refractivity (Wildman–Crippen MR) is 134 cm³/mol. The van der Waals surface area contributed by atoms with Gasteiger partial charge in [-0.3, -0.25) is 4.79 Å². The number of hydrogen-bond acceptors (Lipinski definition) is 5. The number of nitrogens with zero attached hydrogens (tertiary/aromatic N) is 2. The minimum absolute atomic E-state index is 0.236. The van der Waals surface area contributed by atoms with Crippen LogP contribution >= 0.6 is 0 Å². The van der Waals surface area contributed by atoms with Crippen molar-refractivity contribution in [3.8, 4) is 11.5 Å². The minimum atomic E-state index is -0.315. The van der Waals surface area contributed by atoms with Gasteiger partial charge in [-0.05, 0) is 36.4 Å². The van der Waals surface area contributed by atoms with Crippen LogP contribution in [0, 0.1) is 0 Å². The molecule has 6 rings (SSSR count). The van der Waals surface area contributed by atoms with Gasteiger partial charge < -0.3 is 23.6 Å². The Morgan fingerprint density at radius 1 is 0.943 bits per heavy atom. The number of pyridine rings is 1. The van der Waals surface area contributed by atoms with Crippen molar-refractivity contribution in [2.45, 2.75) is 6.61 Å². The number of benzene rings is 3. The number of amides is 1. The number of carbonyl (C=O) groups excluding carboxylic acids is 1. The topological polar surface area (TPSA) is 78.0 Å². The van der Waals surface area contributed by atoms with Crippen LogP contribution in [0.4, 0.5) is 5.69 Å². The summed E-state index contributed by atoms with van der Waals surface area (Å²) in [6, 6.07) is 24.4. The number of fused-ring (bicyclic) bond motifs is 4. The average molecular weight is 463 g/mol. The highest BCUT2D eigenvalue weighted by molar-refractivity contribution is 6.10. The van der Waals surface area contributed by atoms with Crippen molar-refractivity contribution in [2.75, 3.05) is 12.4 Å². The Kier molecular flexibility index (Phi) is 5.07. The van der Waals surface area contributed by atoms with Crippen molar-refractivity contribution < 1.29 is 18.7 Å².